The summed E-state index contributed by atoms with van der Waals surface area (Å²) < 4.78 is 0. The zero-order valence-electron chi connectivity index (χ0n) is 12.6. The minimum Gasteiger partial charge on any atom is -0.360 e. The van der Waals surface area contributed by atoms with Crippen molar-refractivity contribution in [3.05, 3.63) is 0 Å². The highest BCUT2D eigenvalue weighted by atomic mass is 32.2. The second-order valence-corrected chi connectivity index (χ2v) is 6.85. The fraction of sp³-hybridized carbons (Fsp3) is 0.933. The monoisotopic (exact) mass is 270 g/mol. The third-order valence-electron chi connectivity index (χ3n) is 3.89. The van der Waals surface area contributed by atoms with E-state index in [-0.39, 0.29) is 5.54 Å². The molecule has 1 N–H and O–H groups in total. The van der Waals surface area contributed by atoms with E-state index in [1.807, 2.05) is 11.8 Å². The minimum atomic E-state index is 0.270. The van der Waals surface area contributed by atoms with Crippen LogP contribution < -0.4 is 5.32 Å². The smallest absolute Gasteiger partial charge is 0.157 e. The highest BCUT2D eigenvalue weighted by Crippen LogP contribution is 2.25. The Balaban J connectivity index is 2.35. The van der Waals surface area contributed by atoms with Crippen molar-refractivity contribution in [3.63, 3.8) is 0 Å². The standard InChI is InChI=1S/C15H30N2S/c1-5-7-8-9-10-13(3)16-14-17-15(4,6-2)11-12-18-14/h13H,5-12H2,1-4H3,(H,16,17). The third-order valence-corrected chi connectivity index (χ3v) is 4.78. The first-order valence-corrected chi connectivity index (χ1v) is 8.57. The summed E-state index contributed by atoms with van der Waals surface area (Å²) in [4.78, 5) is 4.85. The lowest BCUT2D eigenvalue weighted by atomic mass is 9.96. The Morgan fingerprint density at radius 1 is 1.33 bits per heavy atom. The maximum atomic E-state index is 4.85. The van der Waals surface area contributed by atoms with Crippen LogP contribution in [-0.4, -0.2) is 22.5 Å². The van der Waals surface area contributed by atoms with Crippen LogP contribution in [0.5, 0.6) is 0 Å². The number of hydrogen-bond donors (Lipinski definition) is 1. The highest BCUT2D eigenvalue weighted by molar-refractivity contribution is 8.13. The van der Waals surface area contributed by atoms with Crippen molar-refractivity contribution in [2.24, 2.45) is 4.99 Å². The van der Waals surface area contributed by atoms with Crippen LogP contribution in [0.25, 0.3) is 0 Å². The molecule has 1 heterocycles. The Kier molecular flexibility index (Phi) is 7.13. The number of rotatable bonds is 7. The van der Waals surface area contributed by atoms with Gasteiger partial charge >= 0.3 is 0 Å². The Bertz CT molecular complexity index is 265. The first-order chi connectivity index (χ1) is 8.59. The van der Waals surface area contributed by atoms with Crippen LogP contribution >= 0.6 is 11.8 Å². The van der Waals surface area contributed by atoms with Gasteiger partial charge in [0.25, 0.3) is 0 Å². The Morgan fingerprint density at radius 3 is 2.78 bits per heavy atom. The van der Waals surface area contributed by atoms with E-state index in [2.05, 4.69) is 33.0 Å². The summed E-state index contributed by atoms with van der Waals surface area (Å²) in [6.07, 6.45) is 9.02. The van der Waals surface area contributed by atoms with Gasteiger partial charge in [0.2, 0.25) is 0 Å². The molecule has 0 aromatic carbocycles. The summed E-state index contributed by atoms with van der Waals surface area (Å²) >= 11 is 1.89. The van der Waals surface area contributed by atoms with Crippen LogP contribution in [-0.2, 0) is 0 Å². The van der Waals surface area contributed by atoms with Gasteiger partial charge in [-0.3, -0.25) is 4.99 Å². The van der Waals surface area contributed by atoms with Crippen LogP contribution in [0.2, 0.25) is 0 Å². The molecule has 3 heteroatoms. The van der Waals surface area contributed by atoms with Crippen LogP contribution in [0.15, 0.2) is 4.99 Å². The summed E-state index contributed by atoms with van der Waals surface area (Å²) in [6.45, 7) is 9.08. The lowest BCUT2D eigenvalue weighted by molar-refractivity contribution is 0.389. The zero-order valence-corrected chi connectivity index (χ0v) is 13.4. The second-order valence-electron chi connectivity index (χ2n) is 5.77. The number of amidine groups is 1. The van der Waals surface area contributed by atoms with Crippen molar-refractivity contribution < 1.29 is 0 Å². The molecular weight excluding hydrogens is 240 g/mol. The molecule has 1 aliphatic rings. The van der Waals surface area contributed by atoms with Gasteiger partial charge < -0.3 is 5.32 Å². The van der Waals surface area contributed by atoms with Crippen LogP contribution in [0.1, 0.15) is 72.6 Å². The molecule has 0 aromatic rings. The van der Waals surface area contributed by atoms with Crippen molar-refractivity contribution in [1.82, 2.24) is 5.32 Å². The maximum absolute atomic E-state index is 4.85. The zero-order chi connectivity index (χ0) is 13.4. The van der Waals surface area contributed by atoms with Gasteiger partial charge in [0.1, 0.15) is 0 Å². The molecule has 106 valence electrons. The number of nitrogens with zero attached hydrogens (tertiary/aromatic N) is 1. The van der Waals surface area contributed by atoms with E-state index in [4.69, 9.17) is 4.99 Å². The average Bonchev–Trinajstić information content (AvgIpc) is 2.35. The molecule has 18 heavy (non-hydrogen) atoms. The molecule has 1 rings (SSSR count). The molecule has 0 aliphatic carbocycles. The van der Waals surface area contributed by atoms with Gasteiger partial charge in [-0.05, 0) is 33.1 Å². The van der Waals surface area contributed by atoms with Gasteiger partial charge in [0, 0.05) is 17.3 Å². The summed E-state index contributed by atoms with van der Waals surface area (Å²) in [5.74, 6) is 1.21. The summed E-state index contributed by atoms with van der Waals surface area (Å²) in [5, 5.41) is 4.80. The molecule has 0 spiro atoms. The van der Waals surface area contributed by atoms with Crippen molar-refractivity contribution in [3.8, 4) is 0 Å². The second kappa shape index (κ2) is 8.08. The van der Waals surface area contributed by atoms with E-state index < -0.39 is 0 Å². The number of hydrogen-bond acceptors (Lipinski definition) is 2. The van der Waals surface area contributed by atoms with Gasteiger partial charge in [-0.2, -0.15) is 0 Å². The Morgan fingerprint density at radius 2 is 2.11 bits per heavy atom. The Labute approximate surface area is 117 Å². The molecule has 1 aliphatic heterocycles. The predicted octanol–water partition coefficient (Wildman–Crippen LogP) is 4.60. The van der Waals surface area contributed by atoms with Crippen molar-refractivity contribution in [1.29, 1.82) is 0 Å². The molecule has 0 amide bonds. The van der Waals surface area contributed by atoms with E-state index in [0.29, 0.717) is 6.04 Å². The minimum absolute atomic E-state index is 0.270. The van der Waals surface area contributed by atoms with Crippen LogP contribution in [0, 0.1) is 0 Å². The summed E-state index contributed by atoms with van der Waals surface area (Å²) in [6, 6.07) is 0.469. The van der Waals surface area contributed by atoms with Gasteiger partial charge in [0.15, 0.2) is 5.17 Å². The lowest BCUT2D eigenvalue weighted by Crippen LogP contribution is -2.48. The fourth-order valence-electron chi connectivity index (χ4n) is 2.20. The topological polar surface area (TPSA) is 24.4 Å². The first kappa shape index (κ1) is 15.9. The third kappa shape index (κ3) is 5.64. The normalized spacial score (nSPS) is 28.1. The van der Waals surface area contributed by atoms with E-state index in [9.17, 15) is 0 Å². The lowest BCUT2D eigenvalue weighted by Gasteiger charge is -2.35. The number of unbranched alkanes of at least 4 members (excludes halogenated alkanes) is 3. The molecule has 0 bridgehead atoms. The molecule has 2 atom stereocenters. The quantitative estimate of drug-likeness (QED) is 0.684. The molecule has 0 radical (unpaired) electrons. The van der Waals surface area contributed by atoms with E-state index in [0.717, 1.165) is 0 Å². The average molecular weight is 270 g/mol. The van der Waals surface area contributed by atoms with E-state index in [1.54, 1.807) is 0 Å². The SMILES string of the molecule is CCCCCCC(C)N=C1NC(C)(CC)CCS1. The summed E-state index contributed by atoms with van der Waals surface area (Å²) in [5.41, 5.74) is 0.270. The Hall–Kier alpha value is -0.180. The molecule has 0 saturated carbocycles. The van der Waals surface area contributed by atoms with E-state index >= 15 is 0 Å². The number of nitrogens with one attached hydrogen (secondary N) is 1. The molecule has 2 unspecified atom stereocenters. The molecule has 1 saturated heterocycles. The molecule has 1 fully saturated rings. The van der Waals surface area contributed by atoms with Crippen molar-refractivity contribution >= 4 is 16.9 Å². The predicted molar refractivity (Wildman–Crippen MR) is 84.6 cm³/mol. The fourth-order valence-corrected chi connectivity index (χ4v) is 3.51. The first-order valence-electron chi connectivity index (χ1n) is 7.58. The highest BCUT2D eigenvalue weighted by Gasteiger charge is 2.27. The number of thioether (sulfide) groups is 1. The van der Waals surface area contributed by atoms with Gasteiger partial charge in [-0.1, -0.05) is 51.3 Å². The summed E-state index contributed by atoms with van der Waals surface area (Å²) in [7, 11) is 0. The molecular formula is C15H30N2S. The van der Waals surface area contributed by atoms with Crippen LogP contribution in [0.4, 0.5) is 0 Å². The molecule has 0 aromatic heterocycles. The largest absolute Gasteiger partial charge is 0.360 e. The van der Waals surface area contributed by atoms with Crippen molar-refractivity contribution in [2.45, 2.75) is 84.2 Å². The van der Waals surface area contributed by atoms with Gasteiger partial charge in [-0.25, -0.2) is 0 Å². The van der Waals surface area contributed by atoms with Gasteiger partial charge in [0.05, 0.1) is 0 Å². The van der Waals surface area contributed by atoms with Crippen molar-refractivity contribution in [2.75, 3.05) is 5.75 Å². The van der Waals surface area contributed by atoms with E-state index in [1.165, 1.54) is 55.9 Å². The maximum Gasteiger partial charge on any atom is 0.157 e. The molecule has 2 nitrogen and oxygen atoms in total. The van der Waals surface area contributed by atoms with Gasteiger partial charge in [-0.15, -0.1) is 0 Å². The van der Waals surface area contributed by atoms with Crippen LogP contribution in [0.3, 0.4) is 0 Å². The number of aliphatic imine (C=N–C) groups is 1.